The summed E-state index contributed by atoms with van der Waals surface area (Å²) in [6.45, 7) is 22.6. The lowest BCUT2D eigenvalue weighted by Crippen LogP contribution is -2.63. The molecule has 1 fully saturated rings. The Bertz CT molecular complexity index is 2150. The molecule has 11 amide bonds. The average Bonchev–Trinajstić information content (AvgIpc) is 3.36. The maximum absolute atomic E-state index is 15.0. The Morgan fingerprint density at radius 2 is 1.01 bits per heavy atom. The van der Waals surface area contributed by atoms with Gasteiger partial charge in [0.1, 0.15) is 54.4 Å². The molecule has 0 unspecified atom stereocenters. The molecule has 0 aromatic heterocycles. The second-order valence-corrected chi connectivity index (χ2v) is 22.8. The van der Waals surface area contributed by atoms with Crippen LogP contribution in [0, 0.1) is 29.6 Å². The van der Waals surface area contributed by atoms with Gasteiger partial charge in [0.2, 0.25) is 65.0 Å². The van der Waals surface area contributed by atoms with Crippen molar-refractivity contribution in [1.82, 2.24) is 55.6 Å². The summed E-state index contributed by atoms with van der Waals surface area (Å²) >= 11 is 0. The third-order valence-electron chi connectivity index (χ3n) is 14.5. The zero-order valence-electron chi connectivity index (χ0n) is 50.6. The van der Waals surface area contributed by atoms with Gasteiger partial charge in [0.25, 0.3) is 0 Å². The molecule has 5 N–H and O–H groups in total. The van der Waals surface area contributed by atoms with Crippen molar-refractivity contribution in [3.05, 3.63) is 12.2 Å². The highest BCUT2D eigenvalue weighted by atomic mass is 16.3. The van der Waals surface area contributed by atoms with Crippen molar-refractivity contribution in [2.24, 2.45) is 29.6 Å². The van der Waals surface area contributed by atoms with Gasteiger partial charge in [0.05, 0.1) is 19.2 Å². The van der Waals surface area contributed by atoms with Gasteiger partial charge in [0, 0.05) is 49.3 Å². The SMILES string of the molecule is C/C=C/C[C@@H](C)[C@@H](O)[C@H]1C(=O)N[C@@H](CC)C(=O)N(C)CC(=O)N(C)[C@H](C)C(=O)N[C@@H](C(C)C)C(=O)N(C)CC(=O)N[C@@H](C)C(=O)N[C@H](C)C(=O)N(C)[C@@H](CC(C)C)C(=O)N(C)[C@@H](CC(C)C)C(=O)N(C)[C@@H](C(C)C)C(=O)N1C. The fraction of sp³-hybridized carbons (Fsp3) is 0.764. The Kier molecular flexibility index (Phi) is 28.2. The molecule has 0 radical (unpaired) electrons. The molecule has 1 aliphatic rings. The number of rotatable bonds is 11. The molecule has 0 aliphatic carbocycles. The van der Waals surface area contributed by atoms with Crippen molar-refractivity contribution in [3.8, 4) is 0 Å². The molecular formula is C55H97N11O12. The first-order valence-electron chi connectivity index (χ1n) is 27.3. The molecule has 0 aromatic carbocycles. The van der Waals surface area contributed by atoms with E-state index in [4.69, 9.17) is 0 Å². The van der Waals surface area contributed by atoms with Crippen molar-refractivity contribution < 1.29 is 57.8 Å². The first-order valence-corrected chi connectivity index (χ1v) is 27.3. The van der Waals surface area contributed by atoms with Gasteiger partial charge >= 0.3 is 0 Å². The zero-order chi connectivity index (χ0) is 60.5. The summed E-state index contributed by atoms with van der Waals surface area (Å²) < 4.78 is 0. The highest BCUT2D eigenvalue weighted by Gasteiger charge is 2.45. The third kappa shape index (κ3) is 19.1. The Balaban J connectivity index is 4.12. The number of allylic oxidation sites excluding steroid dienone is 2. The Morgan fingerprint density at radius 3 is 1.49 bits per heavy atom. The summed E-state index contributed by atoms with van der Waals surface area (Å²) in [6.07, 6.45) is 2.73. The maximum Gasteiger partial charge on any atom is 0.246 e. The second-order valence-electron chi connectivity index (χ2n) is 22.8. The lowest BCUT2D eigenvalue weighted by molar-refractivity contribution is -0.157. The van der Waals surface area contributed by atoms with Crippen LogP contribution in [0.2, 0.25) is 0 Å². The molecule has 23 nitrogen and oxygen atoms in total. The van der Waals surface area contributed by atoms with Crippen molar-refractivity contribution in [1.29, 1.82) is 0 Å². The van der Waals surface area contributed by atoms with Crippen LogP contribution in [-0.2, 0) is 52.7 Å². The normalized spacial score (nSPS) is 27.1. The van der Waals surface area contributed by atoms with E-state index in [9.17, 15) is 53.1 Å². The first-order chi connectivity index (χ1) is 36.0. The van der Waals surface area contributed by atoms with Gasteiger partial charge in [-0.05, 0) is 83.0 Å². The largest absolute Gasteiger partial charge is 0.390 e. The molecule has 0 aromatic rings. The van der Waals surface area contributed by atoms with Gasteiger partial charge in [0.15, 0.2) is 0 Å². The van der Waals surface area contributed by atoms with Crippen LogP contribution in [0.25, 0.3) is 0 Å². The summed E-state index contributed by atoms with van der Waals surface area (Å²) in [5.74, 6) is -9.60. The lowest BCUT2D eigenvalue weighted by Gasteiger charge is -2.41. The second kappa shape index (κ2) is 31.5. The van der Waals surface area contributed by atoms with Crippen molar-refractivity contribution in [2.45, 2.75) is 183 Å². The number of nitrogens with zero attached hydrogens (tertiary/aromatic N) is 7. The molecule has 23 heteroatoms. The molecule has 1 rings (SSSR count). The molecule has 11 atom stereocenters. The predicted octanol–water partition coefficient (Wildman–Crippen LogP) is 0.828. The van der Waals surface area contributed by atoms with Gasteiger partial charge in [-0.15, -0.1) is 0 Å². The summed E-state index contributed by atoms with van der Waals surface area (Å²) in [5, 5.41) is 22.5. The topological polar surface area (TPSA) is 279 Å². The maximum atomic E-state index is 15.0. The molecule has 78 heavy (non-hydrogen) atoms. The highest BCUT2D eigenvalue weighted by Crippen LogP contribution is 2.25. The van der Waals surface area contributed by atoms with Crippen LogP contribution in [0.1, 0.15) is 123 Å². The number of amides is 11. The van der Waals surface area contributed by atoms with E-state index in [0.717, 1.165) is 19.6 Å². The number of nitrogens with one attached hydrogen (secondary N) is 4. The molecule has 0 bridgehead atoms. The van der Waals surface area contributed by atoms with Crippen LogP contribution in [-0.4, -0.2) is 227 Å². The highest BCUT2D eigenvalue weighted by molar-refractivity contribution is 5.99. The number of carbonyl (C=O) groups excluding carboxylic acids is 11. The van der Waals surface area contributed by atoms with Gasteiger partial charge in [-0.2, -0.15) is 0 Å². The van der Waals surface area contributed by atoms with Crippen LogP contribution >= 0.6 is 0 Å². The van der Waals surface area contributed by atoms with E-state index in [2.05, 4.69) is 21.3 Å². The van der Waals surface area contributed by atoms with Crippen LogP contribution in [0.4, 0.5) is 0 Å². The molecular weight excluding hydrogens is 1010 g/mol. The molecule has 1 saturated heterocycles. The number of hydrogen-bond donors (Lipinski definition) is 5. The van der Waals surface area contributed by atoms with Crippen molar-refractivity contribution >= 4 is 65.0 Å². The number of likely N-dealkylation sites (N-methyl/N-ethyl adjacent to an activating group) is 7. The summed E-state index contributed by atoms with van der Waals surface area (Å²) in [4.78, 5) is 164. The predicted molar refractivity (Wildman–Crippen MR) is 296 cm³/mol. The van der Waals surface area contributed by atoms with E-state index in [-0.39, 0.29) is 31.1 Å². The molecule has 0 spiro atoms. The number of hydrogen-bond acceptors (Lipinski definition) is 12. The van der Waals surface area contributed by atoms with E-state index >= 15 is 4.79 Å². The fourth-order valence-electron chi connectivity index (χ4n) is 9.28. The van der Waals surface area contributed by atoms with Gasteiger partial charge < -0.3 is 60.7 Å². The fourth-order valence-corrected chi connectivity index (χ4v) is 9.28. The van der Waals surface area contributed by atoms with Crippen LogP contribution in [0.5, 0.6) is 0 Å². The van der Waals surface area contributed by atoms with E-state index in [1.165, 1.54) is 84.8 Å². The van der Waals surface area contributed by atoms with Crippen molar-refractivity contribution in [3.63, 3.8) is 0 Å². The van der Waals surface area contributed by atoms with Gasteiger partial charge in [-0.1, -0.05) is 81.4 Å². The number of aliphatic hydroxyl groups is 1. The average molecular weight is 1100 g/mol. The first kappa shape index (κ1) is 69.9. The van der Waals surface area contributed by atoms with Crippen LogP contribution < -0.4 is 21.3 Å². The smallest absolute Gasteiger partial charge is 0.246 e. The Morgan fingerprint density at radius 1 is 0.526 bits per heavy atom. The number of carbonyl (C=O) groups is 11. The summed E-state index contributed by atoms with van der Waals surface area (Å²) in [6, 6.07) is -11.1. The summed E-state index contributed by atoms with van der Waals surface area (Å²) in [5.41, 5.74) is 0. The van der Waals surface area contributed by atoms with E-state index in [0.29, 0.717) is 6.42 Å². The monoisotopic (exact) mass is 1100 g/mol. The quantitative estimate of drug-likeness (QED) is 0.180. The van der Waals surface area contributed by atoms with E-state index in [1.54, 1.807) is 60.6 Å². The van der Waals surface area contributed by atoms with E-state index < -0.39 is 156 Å². The third-order valence-corrected chi connectivity index (χ3v) is 14.5. The number of aliphatic hydroxyl groups excluding tert-OH is 1. The Hall–Kier alpha value is -6.13. The minimum absolute atomic E-state index is 0.0253. The summed E-state index contributed by atoms with van der Waals surface area (Å²) in [7, 11) is 9.68. The van der Waals surface area contributed by atoms with E-state index in [1.807, 2.05) is 27.7 Å². The van der Waals surface area contributed by atoms with Gasteiger partial charge in [-0.3, -0.25) is 52.7 Å². The molecule has 1 heterocycles. The molecule has 444 valence electrons. The molecule has 1 aliphatic heterocycles. The van der Waals surface area contributed by atoms with Crippen LogP contribution in [0.3, 0.4) is 0 Å². The minimum atomic E-state index is -1.60. The zero-order valence-corrected chi connectivity index (χ0v) is 50.6. The minimum Gasteiger partial charge on any atom is -0.390 e. The van der Waals surface area contributed by atoms with Crippen molar-refractivity contribution in [2.75, 3.05) is 62.4 Å². The molecule has 0 saturated carbocycles. The standard InChI is InChI=1S/C55H97N11O12/c1-22-24-25-34(11)46(69)45-49(72)58-38(23-2)51(74)61(16)29-42(68)62(17)37(14)48(71)59-43(32(7)8)54(77)60(15)28-41(67)56-35(12)47(70)57-36(13)50(73)63(18)39(26-30(3)4)52(75)64(19)40(27-31(5)6)53(76)65(20)44(33(9)10)55(78)66(45)21/h22,24,30-40,43-46,69H,23,25-29H2,1-21H3,(H,56,67)(H,57,70)(H,58,72)(H,59,71)/b24-22+/t34-,35+,36-,37-,38+,39+,40+,43+,44+,45+,46-/m1/s1. The Labute approximate surface area is 464 Å². The lowest BCUT2D eigenvalue weighted by atomic mass is 9.91. The van der Waals surface area contributed by atoms with Gasteiger partial charge in [-0.25, -0.2) is 0 Å². The van der Waals surface area contributed by atoms with Crippen LogP contribution in [0.15, 0.2) is 12.2 Å².